The van der Waals surface area contributed by atoms with Crippen molar-refractivity contribution in [1.82, 2.24) is 4.98 Å². The third-order valence-electron chi connectivity index (χ3n) is 3.65. The Morgan fingerprint density at radius 3 is 2.46 bits per heavy atom. The van der Waals surface area contributed by atoms with Gasteiger partial charge in [0.2, 0.25) is 0 Å². The first-order valence-corrected chi connectivity index (χ1v) is 8.52. The van der Waals surface area contributed by atoms with Crippen LogP contribution < -0.4 is 19.5 Å². The van der Waals surface area contributed by atoms with Crippen LogP contribution in [0.25, 0.3) is 12.2 Å². The molecule has 1 N–H and O–H groups in total. The zero-order valence-electron chi connectivity index (χ0n) is 13.9. The standard InChI is InChI=1S/C20H14N2O3S/c1-25-16-8-6-15(7-9-16)17(23)11-19-22-20(24)18(26-19)10-13-2-4-14(12-21)5-3-13/h2-11H,1H3,(H,22,24). The SMILES string of the molecule is COc1ccc(C(=O)C=c2[nH]c(=O)c(=Cc3ccc(C#N)cc3)s2)cc1. The molecule has 0 spiro atoms. The molecule has 0 amide bonds. The first-order valence-electron chi connectivity index (χ1n) is 7.70. The number of thiazole rings is 1. The monoisotopic (exact) mass is 362 g/mol. The van der Waals surface area contributed by atoms with Gasteiger partial charge in [-0.2, -0.15) is 5.26 Å². The Labute approximate surface area is 153 Å². The minimum Gasteiger partial charge on any atom is -0.497 e. The molecular formula is C20H14N2O3S. The van der Waals surface area contributed by atoms with Gasteiger partial charge in [-0.05, 0) is 48.0 Å². The molecule has 0 atom stereocenters. The fraction of sp³-hybridized carbons (Fsp3) is 0.0500. The highest BCUT2D eigenvalue weighted by Gasteiger charge is 2.04. The van der Waals surface area contributed by atoms with Crippen LogP contribution in [0, 0.1) is 11.3 Å². The summed E-state index contributed by atoms with van der Waals surface area (Å²) in [5, 5.41) is 8.82. The van der Waals surface area contributed by atoms with E-state index in [2.05, 4.69) is 4.98 Å². The molecule has 0 unspecified atom stereocenters. The fourth-order valence-corrected chi connectivity index (χ4v) is 3.17. The number of H-pyrrole nitrogens is 1. The average Bonchev–Trinajstić information content (AvgIpc) is 3.01. The van der Waals surface area contributed by atoms with Gasteiger partial charge >= 0.3 is 0 Å². The van der Waals surface area contributed by atoms with E-state index >= 15 is 0 Å². The number of carbonyl (C=O) groups excluding carboxylic acids is 1. The van der Waals surface area contributed by atoms with Crippen molar-refractivity contribution in [3.05, 3.63) is 84.8 Å². The number of ketones is 1. The highest BCUT2D eigenvalue weighted by Crippen LogP contribution is 2.12. The molecule has 0 bridgehead atoms. The number of methoxy groups -OCH3 is 1. The number of carbonyl (C=O) groups is 1. The number of hydrogen-bond donors (Lipinski definition) is 1. The van der Waals surface area contributed by atoms with E-state index in [1.165, 1.54) is 17.4 Å². The molecule has 0 fully saturated rings. The quantitative estimate of drug-likeness (QED) is 0.718. The number of nitriles is 1. The first kappa shape index (κ1) is 17.4. The largest absolute Gasteiger partial charge is 0.497 e. The Morgan fingerprint density at radius 1 is 1.15 bits per heavy atom. The van der Waals surface area contributed by atoms with Crippen molar-refractivity contribution in [3.63, 3.8) is 0 Å². The molecule has 3 rings (SSSR count). The number of nitrogens with zero attached hydrogens (tertiary/aromatic N) is 1. The van der Waals surface area contributed by atoms with Crippen LogP contribution in [0.2, 0.25) is 0 Å². The van der Waals surface area contributed by atoms with Crippen LogP contribution in [0.15, 0.2) is 53.3 Å². The van der Waals surface area contributed by atoms with Crippen LogP contribution in [0.5, 0.6) is 5.75 Å². The number of nitrogens with one attached hydrogen (secondary N) is 1. The fourth-order valence-electron chi connectivity index (χ4n) is 2.29. The molecule has 1 aromatic heterocycles. The van der Waals surface area contributed by atoms with Crippen molar-refractivity contribution in [2.75, 3.05) is 7.11 Å². The van der Waals surface area contributed by atoms with Crippen LogP contribution in [0.3, 0.4) is 0 Å². The van der Waals surface area contributed by atoms with E-state index in [1.807, 2.05) is 6.07 Å². The average molecular weight is 362 g/mol. The molecule has 2 aromatic carbocycles. The molecule has 0 aliphatic rings. The molecule has 0 aliphatic heterocycles. The summed E-state index contributed by atoms with van der Waals surface area (Å²) in [7, 11) is 1.56. The molecular weight excluding hydrogens is 348 g/mol. The third-order valence-corrected chi connectivity index (χ3v) is 4.62. The Kier molecular flexibility index (Phi) is 5.11. The van der Waals surface area contributed by atoms with Gasteiger partial charge in [0.1, 0.15) is 5.75 Å². The minimum absolute atomic E-state index is 0.199. The number of rotatable bonds is 4. The van der Waals surface area contributed by atoms with Crippen molar-refractivity contribution in [1.29, 1.82) is 5.26 Å². The van der Waals surface area contributed by atoms with Gasteiger partial charge in [-0.1, -0.05) is 12.1 Å². The van der Waals surface area contributed by atoms with E-state index in [0.29, 0.717) is 26.1 Å². The van der Waals surface area contributed by atoms with Gasteiger partial charge in [-0.15, -0.1) is 11.3 Å². The maximum absolute atomic E-state index is 12.3. The van der Waals surface area contributed by atoms with Crippen molar-refractivity contribution in [2.45, 2.75) is 0 Å². The van der Waals surface area contributed by atoms with Crippen LogP contribution in [0.4, 0.5) is 0 Å². The van der Waals surface area contributed by atoms with Crippen molar-refractivity contribution < 1.29 is 9.53 Å². The van der Waals surface area contributed by atoms with E-state index in [0.717, 1.165) is 5.56 Å². The Balaban J connectivity index is 1.92. The van der Waals surface area contributed by atoms with Crippen molar-refractivity contribution in [2.24, 2.45) is 0 Å². The summed E-state index contributed by atoms with van der Waals surface area (Å²) >= 11 is 1.21. The number of aromatic nitrogens is 1. The number of benzene rings is 2. The predicted molar refractivity (Wildman–Crippen MR) is 101 cm³/mol. The molecule has 0 aliphatic carbocycles. The molecule has 3 aromatic rings. The summed E-state index contributed by atoms with van der Waals surface area (Å²) in [5.74, 6) is 0.473. The molecule has 26 heavy (non-hydrogen) atoms. The number of Topliss-reactive ketones (excluding diaryl/α,β-unsaturated/α-hetero) is 1. The topological polar surface area (TPSA) is 83.0 Å². The maximum atomic E-state index is 12.3. The highest BCUT2D eigenvalue weighted by atomic mass is 32.1. The van der Waals surface area contributed by atoms with E-state index in [4.69, 9.17) is 10.00 Å². The molecule has 128 valence electrons. The normalized spacial score (nSPS) is 12.0. The van der Waals surface area contributed by atoms with Gasteiger partial charge in [0, 0.05) is 11.6 Å². The van der Waals surface area contributed by atoms with E-state index in [1.54, 1.807) is 61.7 Å². The second kappa shape index (κ2) is 7.64. The number of aromatic amines is 1. The van der Waals surface area contributed by atoms with E-state index in [9.17, 15) is 9.59 Å². The lowest BCUT2D eigenvalue weighted by atomic mass is 10.1. The molecule has 0 radical (unpaired) electrons. The van der Waals surface area contributed by atoms with E-state index < -0.39 is 0 Å². The van der Waals surface area contributed by atoms with Crippen LogP contribution in [-0.4, -0.2) is 17.9 Å². The summed E-state index contributed by atoms with van der Waals surface area (Å²) in [6.07, 6.45) is 3.13. The molecule has 1 heterocycles. The van der Waals surface area contributed by atoms with E-state index in [-0.39, 0.29) is 11.3 Å². The molecule has 0 saturated heterocycles. The Morgan fingerprint density at radius 2 is 1.85 bits per heavy atom. The van der Waals surface area contributed by atoms with Crippen LogP contribution >= 0.6 is 11.3 Å². The summed E-state index contributed by atoms with van der Waals surface area (Å²) in [6.45, 7) is 0. The second-order valence-corrected chi connectivity index (χ2v) is 6.48. The summed E-state index contributed by atoms with van der Waals surface area (Å²) < 4.78 is 6.04. The summed E-state index contributed by atoms with van der Waals surface area (Å²) in [5.41, 5.74) is 1.62. The lowest BCUT2D eigenvalue weighted by Crippen LogP contribution is -2.20. The predicted octanol–water partition coefficient (Wildman–Crippen LogP) is 1.81. The molecule has 6 heteroatoms. The maximum Gasteiger partial charge on any atom is 0.266 e. The third kappa shape index (κ3) is 3.97. The molecule has 5 nitrogen and oxygen atoms in total. The Hall–Kier alpha value is -3.43. The van der Waals surface area contributed by atoms with Gasteiger partial charge in [0.15, 0.2) is 5.78 Å². The highest BCUT2D eigenvalue weighted by molar-refractivity contribution is 7.07. The van der Waals surface area contributed by atoms with Gasteiger partial charge in [0.25, 0.3) is 5.56 Å². The summed E-state index contributed by atoms with van der Waals surface area (Å²) in [4.78, 5) is 27.1. The lowest BCUT2D eigenvalue weighted by Gasteiger charge is -1.99. The Bertz CT molecular complexity index is 1150. The molecule has 0 saturated carbocycles. The van der Waals surface area contributed by atoms with Gasteiger partial charge in [-0.3, -0.25) is 9.59 Å². The van der Waals surface area contributed by atoms with Crippen molar-refractivity contribution in [3.8, 4) is 11.8 Å². The van der Waals surface area contributed by atoms with Crippen LogP contribution in [-0.2, 0) is 0 Å². The number of ether oxygens (including phenoxy) is 1. The summed E-state index contributed by atoms with van der Waals surface area (Å²) in [6, 6.07) is 15.7. The van der Waals surface area contributed by atoms with Crippen LogP contribution in [0.1, 0.15) is 21.5 Å². The zero-order valence-corrected chi connectivity index (χ0v) is 14.7. The van der Waals surface area contributed by atoms with Crippen molar-refractivity contribution >= 4 is 29.3 Å². The van der Waals surface area contributed by atoms with Gasteiger partial charge < -0.3 is 9.72 Å². The van der Waals surface area contributed by atoms with Gasteiger partial charge in [0.05, 0.1) is 27.9 Å². The second-order valence-electron chi connectivity index (χ2n) is 5.40. The smallest absolute Gasteiger partial charge is 0.266 e. The first-order chi connectivity index (χ1) is 12.6. The van der Waals surface area contributed by atoms with Gasteiger partial charge in [-0.25, -0.2) is 0 Å². The zero-order chi connectivity index (χ0) is 18.5. The minimum atomic E-state index is -0.256. The lowest BCUT2D eigenvalue weighted by molar-refractivity contribution is 0.106. The number of hydrogen-bond acceptors (Lipinski definition) is 5.